The molecule has 23 heavy (non-hydrogen) atoms. The highest BCUT2D eigenvalue weighted by molar-refractivity contribution is 7.15. The number of hydrogen-bond donors (Lipinski definition) is 0. The summed E-state index contributed by atoms with van der Waals surface area (Å²) >= 11 is 1.46. The second-order valence-corrected chi connectivity index (χ2v) is 6.69. The van der Waals surface area contributed by atoms with Crippen LogP contribution < -0.4 is 5.56 Å². The van der Waals surface area contributed by atoms with E-state index in [1.807, 2.05) is 17.5 Å². The van der Waals surface area contributed by atoms with E-state index in [1.165, 1.54) is 23.5 Å². The summed E-state index contributed by atoms with van der Waals surface area (Å²) in [7, 11) is 0. The van der Waals surface area contributed by atoms with Gasteiger partial charge in [0.2, 0.25) is 0 Å². The molecule has 0 saturated carbocycles. The molecule has 3 aromatic rings. The van der Waals surface area contributed by atoms with Crippen LogP contribution in [0.25, 0.3) is 4.96 Å². The molecule has 0 unspecified atom stereocenters. The largest absolute Gasteiger partial charge is 0.291 e. The van der Waals surface area contributed by atoms with Gasteiger partial charge >= 0.3 is 0 Å². The average molecular weight is 329 g/mol. The van der Waals surface area contributed by atoms with Gasteiger partial charge in [-0.3, -0.25) is 14.1 Å². The number of benzene rings is 1. The molecular weight excluding hydrogens is 313 g/mol. The molecule has 6 heteroatoms. The summed E-state index contributed by atoms with van der Waals surface area (Å²) in [4.78, 5) is 19.7. The van der Waals surface area contributed by atoms with Crippen molar-refractivity contribution in [2.45, 2.75) is 25.4 Å². The van der Waals surface area contributed by atoms with Crippen LogP contribution in [-0.2, 0) is 6.54 Å². The number of likely N-dealkylation sites (tertiary alicyclic amines) is 1. The highest BCUT2D eigenvalue weighted by Crippen LogP contribution is 2.32. The molecule has 1 fully saturated rings. The number of nitrogens with zero attached hydrogens (tertiary/aromatic N) is 3. The predicted octanol–water partition coefficient (Wildman–Crippen LogP) is 3.23. The second kappa shape index (κ2) is 5.86. The zero-order valence-corrected chi connectivity index (χ0v) is 13.3. The fourth-order valence-corrected chi connectivity index (χ4v) is 3.99. The van der Waals surface area contributed by atoms with Crippen molar-refractivity contribution in [1.29, 1.82) is 0 Å². The van der Waals surface area contributed by atoms with E-state index in [9.17, 15) is 9.18 Å². The third-order valence-electron chi connectivity index (χ3n) is 4.34. The van der Waals surface area contributed by atoms with Gasteiger partial charge in [0, 0.05) is 30.2 Å². The van der Waals surface area contributed by atoms with Crippen molar-refractivity contribution < 1.29 is 4.39 Å². The SMILES string of the molecule is O=c1cc(CN2CCC[C@@H]2c2ccc(F)cc2)nc2sccn12. The summed E-state index contributed by atoms with van der Waals surface area (Å²) in [6.45, 7) is 1.61. The Labute approximate surface area is 136 Å². The molecule has 1 aliphatic rings. The molecule has 1 saturated heterocycles. The highest BCUT2D eigenvalue weighted by atomic mass is 32.1. The second-order valence-electron chi connectivity index (χ2n) is 5.82. The number of rotatable bonds is 3. The minimum Gasteiger partial charge on any atom is -0.291 e. The van der Waals surface area contributed by atoms with Crippen molar-refractivity contribution in [3.63, 3.8) is 0 Å². The molecule has 1 aromatic carbocycles. The molecule has 3 heterocycles. The summed E-state index contributed by atoms with van der Waals surface area (Å²) in [6.07, 6.45) is 3.89. The van der Waals surface area contributed by atoms with Crippen LogP contribution in [-0.4, -0.2) is 20.8 Å². The topological polar surface area (TPSA) is 37.6 Å². The number of hydrogen-bond acceptors (Lipinski definition) is 4. The zero-order chi connectivity index (χ0) is 15.8. The minimum absolute atomic E-state index is 0.0382. The maximum atomic E-state index is 13.1. The third kappa shape index (κ3) is 2.80. The Kier molecular flexibility index (Phi) is 3.71. The molecule has 0 N–H and O–H groups in total. The van der Waals surface area contributed by atoms with E-state index in [1.54, 1.807) is 16.7 Å². The van der Waals surface area contributed by atoms with Crippen molar-refractivity contribution >= 4 is 16.3 Å². The lowest BCUT2D eigenvalue weighted by Crippen LogP contribution is -2.25. The van der Waals surface area contributed by atoms with Crippen molar-refractivity contribution in [3.8, 4) is 0 Å². The summed E-state index contributed by atoms with van der Waals surface area (Å²) < 4.78 is 14.7. The monoisotopic (exact) mass is 329 g/mol. The van der Waals surface area contributed by atoms with Gasteiger partial charge in [-0.2, -0.15) is 0 Å². The average Bonchev–Trinajstić information content (AvgIpc) is 3.17. The fraction of sp³-hybridized carbons (Fsp3) is 0.294. The van der Waals surface area contributed by atoms with Gasteiger partial charge in [0.25, 0.3) is 5.56 Å². The van der Waals surface area contributed by atoms with Crippen molar-refractivity contribution in [2.24, 2.45) is 0 Å². The molecular formula is C17H16FN3OS. The van der Waals surface area contributed by atoms with Gasteiger partial charge in [0.1, 0.15) is 5.82 Å². The molecule has 1 atom stereocenters. The Balaban J connectivity index is 1.61. The summed E-state index contributed by atoms with van der Waals surface area (Å²) in [5.41, 5.74) is 1.88. The first kappa shape index (κ1) is 14.5. The Bertz CT molecular complexity index is 887. The summed E-state index contributed by atoms with van der Waals surface area (Å²) in [5.74, 6) is -0.212. The van der Waals surface area contributed by atoms with Crippen molar-refractivity contribution in [3.05, 3.63) is 69.3 Å². The molecule has 4 rings (SSSR count). The quantitative estimate of drug-likeness (QED) is 0.740. The van der Waals surface area contributed by atoms with Crippen LogP contribution in [0.4, 0.5) is 4.39 Å². The number of fused-ring (bicyclic) bond motifs is 1. The Morgan fingerprint density at radius 2 is 2.13 bits per heavy atom. The lowest BCUT2D eigenvalue weighted by molar-refractivity contribution is 0.245. The van der Waals surface area contributed by atoms with Crippen LogP contribution >= 0.6 is 11.3 Å². The van der Waals surface area contributed by atoms with Crippen molar-refractivity contribution in [1.82, 2.24) is 14.3 Å². The van der Waals surface area contributed by atoms with E-state index in [0.717, 1.165) is 35.6 Å². The highest BCUT2D eigenvalue weighted by Gasteiger charge is 2.26. The molecule has 2 aromatic heterocycles. The standard InChI is InChI=1S/C17H16FN3OS/c18-13-5-3-12(4-6-13)15-2-1-7-20(15)11-14-10-16(22)21-8-9-23-17(21)19-14/h3-6,8-10,15H,1-2,7,11H2/t15-/m1/s1. The van der Waals surface area contributed by atoms with Crippen LogP contribution in [0, 0.1) is 5.82 Å². The van der Waals surface area contributed by atoms with E-state index in [4.69, 9.17) is 0 Å². The first-order valence-electron chi connectivity index (χ1n) is 7.66. The smallest absolute Gasteiger partial charge is 0.258 e. The number of aromatic nitrogens is 2. The maximum Gasteiger partial charge on any atom is 0.258 e. The van der Waals surface area contributed by atoms with E-state index in [0.29, 0.717) is 6.54 Å². The third-order valence-corrected chi connectivity index (χ3v) is 5.10. The summed E-state index contributed by atoms with van der Waals surface area (Å²) in [6, 6.07) is 8.59. The molecule has 0 aliphatic carbocycles. The van der Waals surface area contributed by atoms with Gasteiger partial charge in [0.15, 0.2) is 4.96 Å². The van der Waals surface area contributed by atoms with Gasteiger partial charge in [-0.1, -0.05) is 12.1 Å². The van der Waals surface area contributed by atoms with Crippen LogP contribution in [0.2, 0.25) is 0 Å². The summed E-state index contributed by atoms with van der Waals surface area (Å²) in [5, 5.41) is 1.87. The minimum atomic E-state index is -0.212. The van der Waals surface area contributed by atoms with Gasteiger partial charge < -0.3 is 0 Å². The first-order chi connectivity index (χ1) is 11.2. The number of halogens is 1. The van der Waals surface area contributed by atoms with Crippen LogP contribution in [0.5, 0.6) is 0 Å². The van der Waals surface area contributed by atoms with E-state index in [-0.39, 0.29) is 17.4 Å². The molecule has 4 nitrogen and oxygen atoms in total. The van der Waals surface area contributed by atoms with Crippen LogP contribution in [0.1, 0.15) is 30.1 Å². The fourth-order valence-electron chi connectivity index (χ4n) is 3.25. The van der Waals surface area contributed by atoms with Crippen molar-refractivity contribution in [2.75, 3.05) is 6.54 Å². The molecule has 0 bridgehead atoms. The van der Waals surface area contributed by atoms with Gasteiger partial charge in [-0.15, -0.1) is 11.3 Å². The zero-order valence-electron chi connectivity index (χ0n) is 12.5. The predicted molar refractivity (Wildman–Crippen MR) is 88.1 cm³/mol. The maximum absolute atomic E-state index is 13.1. The Morgan fingerprint density at radius 1 is 1.30 bits per heavy atom. The lowest BCUT2D eigenvalue weighted by Gasteiger charge is -2.24. The first-order valence-corrected chi connectivity index (χ1v) is 8.54. The number of thiazole rings is 1. The van der Waals surface area contributed by atoms with Crippen LogP contribution in [0.15, 0.2) is 46.7 Å². The van der Waals surface area contributed by atoms with E-state index >= 15 is 0 Å². The van der Waals surface area contributed by atoms with Gasteiger partial charge in [-0.05, 0) is 37.1 Å². The Hall–Kier alpha value is -2.05. The van der Waals surface area contributed by atoms with Gasteiger partial charge in [-0.25, -0.2) is 9.37 Å². The molecule has 0 amide bonds. The molecule has 118 valence electrons. The molecule has 0 spiro atoms. The van der Waals surface area contributed by atoms with Crippen LogP contribution in [0.3, 0.4) is 0 Å². The Morgan fingerprint density at radius 3 is 2.96 bits per heavy atom. The molecule has 0 radical (unpaired) electrons. The van der Waals surface area contributed by atoms with E-state index in [2.05, 4.69) is 9.88 Å². The molecule has 1 aliphatic heterocycles. The lowest BCUT2D eigenvalue weighted by atomic mass is 10.0. The van der Waals surface area contributed by atoms with Gasteiger partial charge in [0.05, 0.1) is 5.69 Å². The normalized spacial score (nSPS) is 18.7. The van der Waals surface area contributed by atoms with E-state index < -0.39 is 0 Å².